The van der Waals surface area contributed by atoms with Crippen molar-refractivity contribution in [1.29, 1.82) is 0 Å². The van der Waals surface area contributed by atoms with E-state index in [0.29, 0.717) is 6.61 Å². The SMILES string of the molecule is CCOC(=O)[C@@H](SC1=NCCS1)c1ccccc1. The average Bonchev–Trinajstić information content (AvgIpc) is 2.90. The summed E-state index contributed by atoms with van der Waals surface area (Å²) in [6, 6.07) is 9.72. The third-order valence-electron chi connectivity index (χ3n) is 2.38. The quantitative estimate of drug-likeness (QED) is 0.795. The molecule has 0 N–H and O–H groups in total. The zero-order valence-corrected chi connectivity index (χ0v) is 11.8. The summed E-state index contributed by atoms with van der Waals surface area (Å²) in [5.74, 6) is 0.816. The number of carbonyl (C=O) groups is 1. The molecule has 0 aliphatic carbocycles. The summed E-state index contributed by atoms with van der Waals surface area (Å²) in [5, 5.41) is -0.310. The molecule has 1 aromatic rings. The molecule has 3 nitrogen and oxygen atoms in total. The molecule has 0 saturated heterocycles. The summed E-state index contributed by atoms with van der Waals surface area (Å²) in [4.78, 5) is 16.4. The van der Waals surface area contributed by atoms with Gasteiger partial charge in [0.05, 0.1) is 13.2 Å². The van der Waals surface area contributed by atoms with Gasteiger partial charge in [-0.25, -0.2) is 0 Å². The molecular formula is C13H15NO2S2. The Balaban J connectivity index is 2.14. The number of benzene rings is 1. The lowest BCUT2D eigenvalue weighted by Gasteiger charge is -2.15. The molecule has 0 bridgehead atoms. The zero-order chi connectivity index (χ0) is 12.8. The Kier molecular flexibility index (Phi) is 5.13. The molecule has 0 spiro atoms. The van der Waals surface area contributed by atoms with Crippen LogP contribution in [0, 0.1) is 0 Å². The monoisotopic (exact) mass is 281 g/mol. The van der Waals surface area contributed by atoms with Gasteiger partial charge in [-0.15, -0.1) is 0 Å². The van der Waals surface area contributed by atoms with E-state index in [-0.39, 0.29) is 11.2 Å². The van der Waals surface area contributed by atoms with Crippen molar-refractivity contribution in [2.75, 3.05) is 18.9 Å². The number of nitrogens with zero attached hydrogens (tertiary/aromatic N) is 1. The van der Waals surface area contributed by atoms with Crippen LogP contribution in [0.5, 0.6) is 0 Å². The van der Waals surface area contributed by atoms with Crippen molar-refractivity contribution in [2.45, 2.75) is 12.2 Å². The summed E-state index contributed by atoms with van der Waals surface area (Å²) in [5.41, 5.74) is 0.969. The number of aliphatic imine (C=N–C) groups is 1. The molecule has 0 unspecified atom stereocenters. The van der Waals surface area contributed by atoms with E-state index in [1.54, 1.807) is 11.8 Å². The Morgan fingerprint density at radius 1 is 1.50 bits per heavy atom. The molecule has 1 atom stereocenters. The number of hydrogen-bond acceptors (Lipinski definition) is 5. The molecule has 0 radical (unpaired) electrons. The van der Waals surface area contributed by atoms with Gasteiger partial charge >= 0.3 is 5.97 Å². The van der Waals surface area contributed by atoms with Crippen LogP contribution in [0.3, 0.4) is 0 Å². The molecule has 1 aliphatic heterocycles. The van der Waals surface area contributed by atoms with Crippen LogP contribution in [0.15, 0.2) is 35.3 Å². The summed E-state index contributed by atoms with van der Waals surface area (Å²) in [7, 11) is 0. The van der Waals surface area contributed by atoms with Crippen LogP contribution in [0.4, 0.5) is 0 Å². The molecule has 0 amide bonds. The highest BCUT2D eigenvalue weighted by molar-refractivity contribution is 8.39. The second-order valence-electron chi connectivity index (χ2n) is 3.66. The molecule has 5 heteroatoms. The first-order chi connectivity index (χ1) is 8.81. The summed E-state index contributed by atoms with van der Waals surface area (Å²) < 4.78 is 6.13. The van der Waals surface area contributed by atoms with Gasteiger partial charge in [0.15, 0.2) is 0 Å². The molecule has 0 fully saturated rings. The van der Waals surface area contributed by atoms with Gasteiger partial charge in [0.2, 0.25) is 0 Å². The fraction of sp³-hybridized carbons (Fsp3) is 0.385. The summed E-state index contributed by atoms with van der Waals surface area (Å²) >= 11 is 3.20. The Morgan fingerprint density at radius 3 is 2.89 bits per heavy atom. The van der Waals surface area contributed by atoms with Crippen molar-refractivity contribution in [1.82, 2.24) is 0 Å². The van der Waals surface area contributed by atoms with E-state index >= 15 is 0 Å². The minimum atomic E-state index is -0.310. The largest absolute Gasteiger partial charge is 0.465 e. The molecule has 18 heavy (non-hydrogen) atoms. The van der Waals surface area contributed by atoms with Crippen LogP contribution in [0.25, 0.3) is 0 Å². The van der Waals surface area contributed by atoms with Crippen LogP contribution < -0.4 is 0 Å². The van der Waals surface area contributed by atoms with Crippen LogP contribution in [-0.2, 0) is 9.53 Å². The van der Waals surface area contributed by atoms with Crippen molar-refractivity contribution in [3.05, 3.63) is 35.9 Å². The Bertz CT molecular complexity index is 434. The molecule has 1 aromatic carbocycles. The van der Waals surface area contributed by atoms with Gasteiger partial charge < -0.3 is 4.74 Å². The first-order valence-electron chi connectivity index (χ1n) is 5.86. The van der Waals surface area contributed by atoms with Crippen LogP contribution in [0.1, 0.15) is 17.7 Å². The average molecular weight is 281 g/mol. The van der Waals surface area contributed by atoms with Gasteiger partial charge in [0.1, 0.15) is 9.63 Å². The number of thioether (sulfide) groups is 2. The third-order valence-corrected chi connectivity index (χ3v) is 4.82. The standard InChI is InChI=1S/C13H15NO2S2/c1-2-16-12(15)11(10-6-4-3-5-7-10)18-13-14-8-9-17-13/h3-7,11H,2,8-9H2,1H3/t11-/m0/s1. The predicted octanol–water partition coefficient (Wildman–Crippen LogP) is 3.13. The van der Waals surface area contributed by atoms with Crippen molar-refractivity contribution in [2.24, 2.45) is 4.99 Å². The van der Waals surface area contributed by atoms with Crippen LogP contribution in [0.2, 0.25) is 0 Å². The van der Waals surface area contributed by atoms with Gasteiger partial charge in [0.25, 0.3) is 0 Å². The van der Waals surface area contributed by atoms with Gasteiger partial charge in [-0.3, -0.25) is 9.79 Å². The van der Waals surface area contributed by atoms with Crippen LogP contribution >= 0.6 is 23.5 Å². The predicted molar refractivity (Wildman–Crippen MR) is 78.2 cm³/mol. The molecule has 1 aliphatic rings. The van der Waals surface area contributed by atoms with E-state index in [9.17, 15) is 4.79 Å². The number of carbonyl (C=O) groups excluding carboxylic acids is 1. The van der Waals surface area contributed by atoms with Crippen molar-refractivity contribution < 1.29 is 9.53 Å². The Labute approximate surface area is 115 Å². The van der Waals surface area contributed by atoms with Gasteiger partial charge in [-0.2, -0.15) is 0 Å². The molecule has 2 rings (SSSR count). The minimum Gasteiger partial charge on any atom is -0.465 e. The lowest BCUT2D eigenvalue weighted by molar-refractivity contribution is -0.142. The highest BCUT2D eigenvalue weighted by Crippen LogP contribution is 2.36. The smallest absolute Gasteiger partial charge is 0.324 e. The van der Waals surface area contributed by atoms with E-state index < -0.39 is 0 Å². The Morgan fingerprint density at radius 2 is 2.28 bits per heavy atom. The van der Waals surface area contributed by atoms with Crippen molar-refractivity contribution >= 4 is 33.9 Å². The maximum atomic E-state index is 12.0. The van der Waals surface area contributed by atoms with Gasteiger partial charge in [0, 0.05) is 5.75 Å². The minimum absolute atomic E-state index is 0.191. The topological polar surface area (TPSA) is 38.7 Å². The number of hydrogen-bond donors (Lipinski definition) is 0. The number of ether oxygens (including phenoxy) is 1. The lowest BCUT2D eigenvalue weighted by Crippen LogP contribution is -2.14. The highest BCUT2D eigenvalue weighted by Gasteiger charge is 2.25. The number of rotatable bonds is 4. The first-order valence-corrected chi connectivity index (χ1v) is 7.73. The second-order valence-corrected chi connectivity index (χ2v) is 6.09. The lowest BCUT2D eigenvalue weighted by atomic mass is 10.1. The van der Waals surface area contributed by atoms with E-state index in [1.807, 2.05) is 37.3 Å². The molecular weight excluding hydrogens is 266 g/mol. The molecule has 96 valence electrons. The fourth-order valence-corrected chi connectivity index (χ4v) is 3.76. The van der Waals surface area contributed by atoms with Gasteiger partial charge in [-0.1, -0.05) is 53.9 Å². The van der Waals surface area contributed by atoms with Crippen molar-refractivity contribution in [3.8, 4) is 0 Å². The first kappa shape index (κ1) is 13.5. The highest BCUT2D eigenvalue weighted by atomic mass is 32.2. The van der Waals surface area contributed by atoms with Gasteiger partial charge in [-0.05, 0) is 12.5 Å². The normalized spacial score (nSPS) is 16.2. The fourth-order valence-electron chi connectivity index (χ4n) is 1.59. The van der Waals surface area contributed by atoms with E-state index in [4.69, 9.17) is 4.74 Å². The third kappa shape index (κ3) is 3.53. The Hall–Kier alpha value is -0.940. The molecule has 0 saturated carbocycles. The molecule has 1 heterocycles. The maximum Gasteiger partial charge on any atom is 0.324 e. The second kappa shape index (κ2) is 6.85. The summed E-state index contributed by atoms with van der Waals surface area (Å²) in [6.07, 6.45) is 0. The van der Waals surface area contributed by atoms with E-state index in [0.717, 1.165) is 22.2 Å². The van der Waals surface area contributed by atoms with Crippen LogP contribution in [-0.4, -0.2) is 29.2 Å². The summed E-state index contributed by atoms with van der Waals surface area (Å²) in [6.45, 7) is 3.08. The molecule has 0 aromatic heterocycles. The number of esters is 1. The van der Waals surface area contributed by atoms with Crippen molar-refractivity contribution in [3.63, 3.8) is 0 Å². The van der Waals surface area contributed by atoms with E-state index in [2.05, 4.69) is 4.99 Å². The zero-order valence-electron chi connectivity index (χ0n) is 10.2. The maximum absolute atomic E-state index is 12.0. The van der Waals surface area contributed by atoms with E-state index in [1.165, 1.54) is 11.8 Å².